The zero-order valence-corrected chi connectivity index (χ0v) is 14.8. The van der Waals surface area contributed by atoms with E-state index in [9.17, 15) is 0 Å². The quantitative estimate of drug-likeness (QED) is 0.429. The average molecular weight is 313 g/mol. The van der Waals surface area contributed by atoms with Gasteiger partial charge in [-0.05, 0) is 26.1 Å². The minimum absolute atomic E-state index is 0.835. The van der Waals surface area contributed by atoms with Crippen molar-refractivity contribution in [2.24, 2.45) is 0 Å². The van der Waals surface area contributed by atoms with E-state index in [1.54, 1.807) is 0 Å². The Kier molecular flexibility index (Phi) is 8.50. The lowest BCUT2D eigenvalue weighted by Gasteiger charge is -2.24. The van der Waals surface area contributed by atoms with Gasteiger partial charge in [0.05, 0.1) is 14.7 Å². The van der Waals surface area contributed by atoms with Gasteiger partial charge >= 0.3 is 0 Å². The molecule has 4 heteroatoms. The summed E-state index contributed by atoms with van der Waals surface area (Å²) in [5.74, 6) is 0. The van der Waals surface area contributed by atoms with E-state index in [-0.39, 0.29) is 0 Å². The van der Waals surface area contributed by atoms with Gasteiger partial charge in [0.25, 0.3) is 0 Å². The molecule has 0 fully saturated rings. The molecule has 0 aliphatic carbocycles. The van der Waals surface area contributed by atoms with Crippen LogP contribution in [-0.4, -0.2) is 38.6 Å². The summed E-state index contributed by atoms with van der Waals surface area (Å²) in [5.41, 5.74) is 1.14. The first-order chi connectivity index (χ1) is 9.56. The fraction of sp³-hybridized carbons (Fsp3) is 0.750. The maximum Gasteiger partial charge on any atom is 0.0792 e. The highest BCUT2D eigenvalue weighted by atomic mass is 32.1. The van der Waals surface area contributed by atoms with Crippen LogP contribution in [0.15, 0.2) is 6.07 Å². The number of unbranched alkanes of at least 4 members (excludes halogenated alkanes) is 5. The van der Waals surface area contributed by atoms with Crippen molar-refractivity contribution in [1.29, 1.82) is 0 Å². The molecule has 1 aromatic rings. The van der Waals surface area contributed by atoms with Crippen LogP contribution < -0.4 is 4.90 Å². The monoisotopic (exact) mass is 312 g/mol. The second-order valence-electron chi connectivity index (χ2n) is 5.72. The smallest absolute Gasteiger partial charge is 0.0792 e. The second-order valence-corrected chi connectivity index (χ2v) is 6.56. The zero-order valence-electron chi connectivity index (χ0n) is 13.2. The van der Waals surface area contributed by atoms with Gasteiger partial charge in [0.2, 0.25) is 0 Å². The third-order valence-corrected chi connectivity index (χ3v) is 4.73. The summed E-state index contributed by atoms with van der Waals surface area (Å²) in [4.78, 5) is 4.63. The van der Waals surface area contributed by atoms with Gasteiger partial charge in [-0.2, -0.15) is 0 Å². The van der Waals surface area contributed by atoms with Crippen LogP contribution >= 0.6 is 24.4 Å². The Balaban J connectivity index is 2.08. The SMILES string of the molecule is CCCCCCCCN(C)CCN(C)c1cc(=S)c1=S. The fourth-order valence-corrected chi connectivity index (χ4v) is 2.79. The normalized spacial score (nSPS) is 11.4. The molecule has 1 rings (SSSR count). The van der Waals surface area contributed by atoms with Crippen LogP contribution in [0.1, 0.15) is 45.4 Å². The predicted molar refractivity (Wildman–Crippen MR) is 94.6 cm³/mol. The molecule has 0 aliphatic heterocycles. The topological polar surface area (TPSA) is 6.48 Å². The van der Waals surface area contributed by atoms with E-state index in [2.05, 4.69) is 30.8 Å². The molecule has 0 amide bonds. The summed E-state index contributed by atoms with van der Waals surface area (Å²) in [6.45, 7) is 5.56. The van der Waals surface area contributed by atoms with Crippen LogP contribution in [0.25, 0.3) is 0 Å². The van der Waals surface area contributed by atoms with Crippen LogP contribution in [0.5, 0.6) is 0 Å². The molecule has 0 atom stereocenters. The number of likely N-dealkylation sites (N-methyl/N-ethyl adjacent to an activating group) is 2. The molecular weight excluding hydrogens is 284 g/mol. The van der Waals surface area contributed by atoms with Gasteiger partial charge in [-0.15, -0.1) is 0 Å². The minimum Gasteiger partial charge on any atom is -0.372 e. The zero-order chi connectivity index (χ0) is 15.0. The van der Waals surface area contributed by atoms with E-state index in [4.69, 9.17) is 24.4 Å². The van der Waals surface area contributed by atoms with Crippen molar-refractivity contribution in [2.75, 3.05) is 38.6 Å². The Morgan fingerprint density at radius 2 is 1.55 bits per heavy atom. The van der Waals surface area contributed by atoms with E-state index in [0.29, 0.717) is 0 Å². The summed E-state index contributed by atoms with van der Waals surface area (Å²) >= 11 is 10.3. The third kappa shape index (κ3) is 5.98. The standard InChI is InChI=1S/C16H28N2S2/c1-4-5-6-7-8-9-10-17(2)11-12-18(3)14-13-15(19)16(14)20/h13H,4-12H2,1-3H3. The Hall–Kier alpha value is -0.320. The lowest BCUT2D eigenvalue weighted by molar-refractivity contribution is 0.330. The molecule has 2 nitrogen and oxygen atoms in total. The Labute approximate surface area is 134 Å². The molecule has 0 bridgehead atoms. The van der Waals surface area contributed by atoms with E-state index in [1.165, 1.54) is 45.1 Å². The molecule has 0 aliphatic rings. The molecule has 0 radical (unpaired) electrons. The molecule has 1 aromatic carbocycles. The second kappa shape index (κ2) is 9.59. The van der Waals surface area contributed by atoms with Gasteiger partial charge in [-0.3, -0.25) is 0 Å². The Morgan fingerprint density at radius 3 is 2.15 bits per heavy atom. The first-order valence-corrected chi connectivity index (χ1v) is 8.58. The van der Waals surface area contributed by atoms with Crippen LogP contribution in [0.4, 0.5) is 5.69 Å². The largest absolute Gasteiger partial charge is 0.372 e. The van der Waals surface area contributed by atoms with Crippen LogP contribution in [0.3, 0.4) is 0 Å². The van der Waals surface area contributed by atoms with Crippen molar-refractivity contribution in [2.45, 2.75) is 45.4 Å². The summed E-state index contributed by atoms with van der Waals surface area (Å²) in [6.07, 6.45) is 8.18. The summed E-state index contributed by atoms with van der Waals surface area (Å²) in [6, 6.07) is 2.01. The molecule has 0 spiro atoms. The summed E-state index contributed by atoms with van der Waals surface area (Å²) < 4.78 is 1.70. The highest BCUT2D eigenvalue weighted by Crippen LogP contribution is 2.21. The first kappa shape index (κ1) is 17.7. The maximum absolute atomic E-state index is 5.24. The molecular formula is C16H28N2S2. The van der Waals surface area contributed by atoms with Gasteiger partial charge in [0.1, 0.15) is 0 Å². The molecule has 0 aromatic heterocycles. The van der Waals surface area contributed by atoms with E-state index < -0.39 is 0 Å². The number of rotatable bonds is 11. The van der Waals surface area contributed by atoms with Gasteiger partial charge in [-0.1, -0.05) is 63.5 Å². The molecule has 0 N–H and O–H groups in total. The maximum atomic E-state index is 5.24. The molecule has 0 heterocycles. The number of nitrogens with zero attached hydrogens (tertiary/aromatic N) is 2. The van der Waals surface area contributed by atoms with Gasteiger partial charge in [0, 0.05) is 20.1 Å². The van der Waals surface area contributed by atoms with Crippen molar-refractivity contribution >= 4 is 30.1 Å². The van der Waals surface area contributed by atoms with Crippen LogP contribution in [-0.2, 0) is 0 Å². The van der Waals surface area contributed by atoms with Crippen molar-refractivity contribution in [3.8, 4) is 0 Å². The highest BCUT2D eigenvalue weighted by Gasteiger charge is 2.09. The van der Waals surface area contributed by atoms with Gasteiger partial charge in [-0.25, -0.2) is 0 Å². The van der Waals surface area contributed by atoms with Crippen molar-refractivity contribution in [3.05, 3.63) is 15.1 Å². The van der Waals surface area contributed by atoms with E-state index >= 15 is 0 Å². The number of hydrogen-bond acceptors (Lipinski definition) is 4. The first-order valence-electron chi connectivity index (χ1n) is 7.76. The van der Waals surface area contributed by atoms with Gasteiger partial charge < -0.3 is 9.80 Å². The fourth-order valence-electron chi connectivity index (χ4n) is 2.30. The Morgan fingerprint density at radius 1 is 0.900 bits per heavy atom. The molecule has 0 unspecified atom stereocenters. The molecule has 20 heavy (non-hydrogen) atoms. The van der Waals surface area contributed by atoms with Crippen molar-refractivity contribution in [1.82, 2.24) is 4.90 Å². The lowest BCUT2D eigenvalue weighted by Crippen LogP contribution is -2.31. The lowest BCUT2D eigenvalue weighted by atomic mass is 10.1. The third-order valence-electron chi connectivity index (χ3n) is 3.85. The highest BCUT2D eigenvalue weighted by molar-refractivity contribution is 7.74. The number of anilines is 1. The average Bonchev–Trinajstić information content (AvgIpc) is 2.45. The van der Waals surface area contributed by atoms with Crippen LogP contribution in [0.2, 0.25) is 0 Å². The molecule has 0 saturated heterocycles. The predicted octanol–water partition coefficient (Wildman–Crippen LogP) is 4.75. The van der Waals surface area contributed by atoms with Gasteiger partial charge in [0.15, 0.2) is 0 Å². The summed E-state index contributed by atoms with van der Waals surface area (Å²) in [7, 11) is 4.30. The van der Waals surface area contributed by atoms with Crippen molar-refractivity contribution < 1.29 is 0 Å². The number of hydrogen-bond donors (Lipinski definition) is 0. The van der Waals surface area contributed by atoms with E-state index in [1.807, 2.05) is 6.07 Å². The summed E-state index contributed by atoms with van der Waals surface area (Å²) in [5, 5.41) is 0. The van der Waals surface area contributed by atoms with Crippen LogP contribution in [0, 0.1) is 9.02 Å². The molecule has 0 saturated carbocycles. The Bertz CT molecular complexity index is 449. The molecule has 114 valence electrons. The van der Waals surface area contributed by atoms with E-state index in [0.717, 1.165) is 27.8 Å². The van der Waals surface area contributed by atoms with Crippen molar-refractivity contribution in [3.63, 3.8) is 0 Å². The minimum atomic E-state index is 0.835.